The zero-order chi connectivity index (χ0) is 22.2. The van der Waals surface area contributed by atoms with Gasteiger partial charge in [-0.05, 0) is 41.8 Å². The van der Waals surface area contributed by atoms with Crippen molar-refractivity contribution < 1.29 is 4.74 Å². The number of rotatable bonds is 4. The highest BCUT2D eigenvalue weighted by atomic mass is 16.5. The predicted octanol–water partition coefficient (Wildman–Crippen LogP) is 4.51. The number of fused-ring (bicyclic) bond motifs is 1. The van der Waals surface area contributed by atoms with E-state index in [1.54, 1.807) is 40.6 Å². The first-order valence-corrected chi connectivity index (χ1v) is 9.96. The van der Waals surface area contributed by atoms with Gasteiger partial charge in [0.1, 0.15) is 17.4 Å². The average molecular weight is 413 g/mol. The molecule has 156 valence electrons. The van der Waals surface area contributed by atoms with Crippen molar-refractivity contribution in [2.24, 2.45) is 12.5 Å². The molecule has 0 aliphatic carbocycles. The van der Waals surface area contributed by atoms with Crippen LogP contribution in [0.1, 0.15) is 26.3 Å². The summed E-state index contributed by atoms with van der Waals surface area (Å²) < 4.78 is 9.19. The Morgan fingerprint density at radius 1 is 1.13 bits per heavy atom. The van der Waals surface area contributed by atoms with Crippen molar-refractivity contribution in [1.82, 2.24) is 19.1 Å². The summed E-state index contributed by atoms with van der Waals surface area (Å²) in [4.78, 5) is 21.7. The maximum absolute atomic E-state index is 12.8. The van der Waals surface area contributed by atoms with E-state index in [4.69, 9.17) is 9.72 Å². The van der Waals surface area contributed by atoms with Crippen LogP contribution in [0.5, 0.6) is 11.6 Å². The van der Waals surface area contributed by atoms with E-state index < -0.39 is 0 Å². The van der Waals surface area contributed by atoms with Gasteiger partial charge in [-0.2, -0.15) is 5.26 Å². The monoisotopic (exact) mass is 413 g/mol. The molecular formula is C24H23N5O2. The van der Waals surface area contributed by atoms with Gasteiger partial charge in [0.05, 0.1) is 11.2 Å². The summed E-state index contributed by atoms with van der Waals surface area (Å²) in [6, 6.07) is 16.7. The number of ether oxygens (including phenoxy) is 1. The molecule has 0 unspecified atom stereocenters. The molecule has 0 bridgehead atoms. The molecule has 3 heterocycles. The molecule has 31 heavy (non-hydrogen) atoms. The summed E-state index contributed by atoms with van der Waals surface area (Å²) in [5, 5.41) is 9.24. The lowest BCUT2D eigenvalue weighted by Gasteiger charge is -2.18. The van der Waals surface area contributed by atoms with Crippen LogP contribution in [0.2, 0.25) is 0 Å². The lowest BCUT2D eigenvalue weighted by molar-refractivity contribution is 0.342. The number of hydrogen-bond donors (Lipinski definition) is 0. The Morgan fingerprint density at radius 3 is 2.68 bits per heavy atom. The van der Waals surface area contributed by atoms with Crippen LogP contribution in [0.3, 0.4) is 0 Å². The van der Waals surface area contributed by atoms with Gasteiger partial charge in [0, 0.05) is 25.4 Å². The van der Waals surface area contributed by atoms with Crippen LogP contribution in [0, 0.1) is 16.7 Å². The molecule has 0 saturated heterocycles. The van der Waals surface area contributed by atoms with Gasteiger partial charge >= 0.3 is 5.69 Å². The Bertz CT molecular complexity index is 1370. The molecule has 7 nitrogen and oxygen atoms in total. The van der Waals surface area contributed by atoms with Gasteiger partial charge in [-0.25, -0.2) is 14.8 Å². The first-order chi connectivity index (χ1) is 14.8. The van der Waals surface area contributed by atoms with E-state index >= 15 is 0 Å². The summed E-state index contributed by atoms with van der Waals surface area (Å²) in [6.07, 6.45) is 1.58. The van der Waals surface area contributed by atoms with Crippen LogP contribution in [0.4, 0.5) is 0 Å². The first-order valence-electron chi connectivity index (χ1n) is 9.96. The fourth-order valence-corrected chi connectivity index (χ4v) is 3.45. The van der Waals surface area contributed by atoms with E-state index in [-0.39, 0.29) is 17.0 Å². The molecule has 0 spiro atoms. The van der Waals surface area contributed by atoms with Crippen LogP contribution in [0.25, 0.3) is 22.4 Å². The molecule has 1 aromatic carbocycles. The van der Waals surface area contributed by atoms with E-state index in [1.807, 2.05) is 30.3 Å². The van der Waals surface area contributed by atoms with Crippen molar-refractivity contribution in [3.8, 4) is 29.0 Å². The molecule has 0 amide bonds. The topological polar surface area (TPSA) is 85.7 Å². The SMILES string of the molecule is Cn1c(=O)n(CC(C)(C)C)c2ccc(-c3cccc(Oc4ncccc4C#N)c3)nc21. The second-order valence-electron chi connectivity index (χ2n) is 8.63. The van der Waals surface area contributed by atoms with Crippen LogP contribution < -0.4 is 10.4 Å². The fraction of sp³-hybridized carbons (Fsp3) is 0.250. The molecule has 4 aromatic rings. The zero-order valence-corrected chi connectivity index (χ0v) is 18.0. The van der Waals surface area contributed by atoms with Crippen molar-refractivity contribution >= 4 is 11.2 Å². The summed E-state index contributed by atoms with van der Waals surface area (Å²) >= 11 is 0. The summed E-state index contributed by atoms with van der Waals surface area (Å²) in [7, 11) is 1.74. The first kappa shape index (κ1) is 20.4. The van der Waals surface area contributed by atoms with Crippen molar-refractivity contribution in [1.29, 1.82) is 5.26 Å². The zero-order valence-electron chi connectivity index (χ0n) is 18.0. The van der Waals surface area contributed by atoms with Crippen molar-refractivity contribution in [2.75, 3.05) is 0 Å². The largest absolute Gasteiger partial charge is 0.438 e. The molecule has 3 aromatic heterocycles. The Balaban J connectivity index is 1.73. The van der Waals surface area contributed by atoms with E-state index in [0.29, 0.717) is 23.5 Å². The Hall–Kier alpha value is -3.92. The van der Waals surface area contributed by atoms with Gasteiger partial charge in [-0.3, -0.25) is 9.13 Å². The maximum Gasteiger partial charge on any atom is 0.330 e. The van der Waals surface area contributed by atoms with Crippen molar-refractivity contribution in [3.63, 3.8) is 0 Å². The Labute approximate surface area is 180 Å². The molecule has 0 atom stereocenters. The quantitative estimate of drug-likeness (QED) is 0.491. The van der Waals surface area contributed by atoms with Gasteiger partial charge < -0.3 is 4.74 Å². The molecule has 0 fully saturated rings. The number of benzene rings is 1. The molecule has 0 N–H and O–H groups in total. The standard InChI is InChI=1S/C24H23N5O2/c1-24(2,3)15-29-20-11-10-19(27-21(20)28(4)23(29)30)16-7-5-9-18(13-16)31-22-17(14-25)8-6-12-26-22/h5-13H,15H2,1-4H3. The molecule has 0 saturated carbocycles. The molecule has 0 aliphatic heterocycles. The van der Waals surface area contributed by atoms with Crippen LogP contribution in [-0.4, -0.2) is 19.1 Å². The lowest BCUT2D eigenvalue weighted by atomic mass is 9.97. The Morgan fingerprint density at radius 2 is 1.94 bits per heavy atom. The highest BCUT2D eigenvalue weighted by Gasteiger charge is 2.19. The number of nitrogens with zero attached hydrogens (tertiary/aromatic N) is 5. The van der Waals surface area contributed by atoms with Crippen molar-refractivity contribution in [3.05, 3.63) is 70.8 Å². The van der Waals surface area contributed by atoms with E-state index in [9.17, 15) is 10.1 Å². The second-order valence-corrected chi connectivity index (χ2v) is 8.63. The normalized spacial score (nSPS) is 11.5. The van der Waals surface area contributed by atoms with Gasteiger partial charge in [-0.15, -0.1) is 0 Å². The molecule has 4 rings (SSSR count). The number of aryl methyl sites for hydroxylation is 1. The fourth-order valence-electron chi connectivity index (χ4n) is 3.45. The van der Waals surface area contributed by atoms with E-state index in [1.165, 1.54) is 0 Å². The number of pyridine rings is 2. The summed E-state index contributed by atoms with van der Waals surface area (Å²) in [5.41, 5.74) is 3.26. The number of imidazole rings is 1. The van der Waals surface area contributed by atoms with Crippen LogP contribution in [-0.2, 0) is 13.6 Å². The van der Waals surface area contributed by atoms with Gasteiger partial charge in [0.2, 0.25) is 5.88 Å². The predicted molar refractivity (Wildman–Crippen MR) is 119 cm³/mol. The molecule has 7 heteroatoms. The minimum atomic E-state index is -0.0779. The highest BCUT2D eigenvalue weighted by Crippen LogP contribution is 2.28. The van der Waals surface area contributed by atoms with E-state index in [0.717, 1.165) is 16.8 Å². The third-order valence-corrected chi connectivity index (χ3v) is 4.85. The third kappa shape index (κ3) is 4.05. The van der Waals surface area contributed by atoms with E-state index in [2.05, 4.69) is 31.8 Å². The third-order valence-electron chi connectivity index (χ3n) is 4.85. The van der Waals surface area contributed by atoms with Crippen LogP contribution >= 0.6 is 0 Å². The minimum absolute atomic E-state index is 0.0315. The van der Waals surface area contributed by atoms with Gasteiger partial charge in [0.25, 0.3) is 0 Å². The molecule has 0 aliphatic rings. The summed E-state index contributed by atoms with van der Waals surface area (Å²) in [6.45, 7) is 6.92. The highest BCUT2D eigenvalue weighted by molar-refractivity contribution is 5.76. The second kappa shape index (κ2) is 7.73. The lowest BCUT2D eigenvalue weighted by Crippen LogP contribution is -2.27. The molecular weight excluding hydrogens is 390 g/mol. The number of hydrogen-bond acceptors (Lipinski definition) is 5. The van der Waals surface area contributed by atoms with Gasteiger partial charge in [-0.1, -0.05) is 32.9 Å². The van der Waals surface area contributed by atoms with Crippen molar-refractivity contribution in [2.45, 2.75) is 27.3 Å². The summed E-state index contributed by atoms with van der Waals surface area (Å²) in [5.74, 6) is 0.806. The Kier molecular flexibility index (Phi) is 5.07. The maximum atomic E-state index is 12.8. The number of aromatic nitrogens is 4. The van der Waals surface area contributed by atoms with Crippen LogP contribution in [0.15, 0.2) is 59.5 Å². The minimum Gasteiger partial charge on any atom is -0.438 e. The average Bonchev–Trinajstić information content (AvgIpc) is 2.97. The smallest absolute Gasteiger partial charge is 0.330 e. The number of nitriles is 1. The van der Waals surface area contributed by atoms with Gasteiger partial charge in [0.15, 0.2) is 5.65 Å². The molecule has 0 radical (unpaired) electrons.